The minimum absolute atomic E-state index is 0.300. The summed E-state index contributed by atoms with van der Waals surface area (Å²) in [5.41, 5.74) is 6.04. The van der Waals surface area contributed by atoms with Crippen molar-refractivity contribution in [2.45, 2.75) is 26.3 Å². The van der Waals surface area contributed by atoms with Crippen LogP contribution in [0.1, 0.15) is 31.1 Å². The zero-order valence-corrected chi connectivity index (χ0v) is 11.8. The van der Waals surface area contributed by atoms with Crippen LogP contribution >= 0.6 is 0 Å². The first-order chi connectivity index (χ1) is 8.89. The maximum atomic E-state index is 11.9. The third-order valence-corrected chi connectivity index (χ3v) is 2.37. The third-order valence-electron chi connectivity index (χ3n) is 2.37. The second-order valence-electron chi connectivity index (χ2n) is 4.83. The van der Waals surface area contributed by atoms with E-state index in [9.17, 15) is 4.79 Å². The number of carbonyl (C=O) groups is 1. The van der Waals surface area contributed by atoms with Crippen LogP contribution < -0.4 is 11.1 Å². The Morgan fingerprint density at radius 2 is 2.21 bits per heavy atom. The van der Waals surface area contributed by atoms with Crippen molar-refractivity contribution in [1.82, 2.24) is 4.98 Å². The van der Waals surface area contributed by atoms with Crippen LogP contribution in [0.4, 0.5) is 11.5 Å². The fourth-order valence-corrected chi connectivity index (χ4v) is 1.66. The number of nitrogens with zero attached hydrogens (tertiary/aromatic N) is 1. The highest BCUT2D eigenvalue weighted by atomic mass is 16.5. The molecule has 0 aromatic carbocycles. The lowest BCUT2D eigenvalue weighted by Gasteiger charge is -2.26. The molecule has 0 unspecified atom stereocenters. The average Bonchev–Trinajstić information content (AvgIpc) is 2.31. The van der Waals surface area contributed by atoms with Crippen LogP contribution in [-0.4, -0.2) is 36.8 Å². The highest BCUT2D eigenvalue weighted by Crippen LogP contribution is 2.21. The summed E-state index contributed by atoms with van der Waals surface area (Å²) in [4.78, 5) is 16.0. The molecule has 6 heteroatoms. The van der Waals surface area contributed by atoms with Crippen LogP contribution in [0, 0.1) is 0 Å². The SMILES string of the molecule is CCOC(=O)c1cc(N)cnc1NC(C)(C)COC. The number of anilines is 2. The maximum absolute atomic E-state index is 11.9. The summed E-state index contributed by atoms with van der Waals surface area (Å²) in [7, 11) is 1.62. The lowest BCUT2D eigenvalue weighted by molar-refractivity contribution is 0.0527. The van der Waals surface area contributed by atoms with Crippen molar-refractivity contribution in [2.75, 3.05) is 31.4 Å². The van der Waals surface area contributed by atoms with Crippen LogP contribution in [0.3, 0.4) is 0 Å². The molecule has 0 amide bonds. The van der Waals surface area contributed by atoms with E-state index in [4.69, 9.17) is 15.2 Å². The normalized spacial score (nSPS) is 11.2. The topological polar surface area (TPSA) is 86.5 Å². The summed E-state index contributed by atoms with van der Waals surface area (Å²) in [6, 6.07) is 1.55. The molecule has 106 valence electrons. The number of nitrogen functional groups attached to an aromatic ring is 1. The van der Waals surface area contributed by atoms with Crippen LogP contribution in [0.25, 0.3) is 0 Å². The van der Waals surface area contributed by atoms with Gasteiger partial charge in [0.25, 0.3) is 0 Å². The van der Waals surface area contributed by atoms with Gasteiger partial charge in [-0.05, 0) is 26.8 Å². The lowest BCUT2D eigenvalue weighted by Crippen LogP contribution is -2.37. The Morgan fingerprint density at radius 3 is 2.79 bits per heavy atom. The Bertz CT molecular complexity index is 447. The van der Waals surface area contributed by atoms with E-state index in [2.05, 4.69) is 10.3 Å². The highest BCUT2D eigenvalue weighted by Gasteiger charge is 2.22. The van der Waals surface area contributed by atoms with Gasteiger partial charge in [-0.15, -0.1) is 0 Å². The van der Waals surface area contributed by atoms with Gasteiger partial charge in [0.05, 0.1) is 30.6 Å². The van der Waals surface area contributed by atoms with Gasteiger partial charge in [0, 0.05) is 7.11 Å². The van der Waals surface area contributed by atoms with E-state index in [1.807, 2.05) is 13.8 Å². The molecule has 0 fully saturated rings. The molecule has 0 bridgehead atoms. The van der Waals surface area contributed by atoms with Gasteiger partial charge in [-0.2, -0.15) is 0 Å². The quantitative estimate of drug-likeness (QED) is 0.763. The number of rotatable bonds is 6. The lowest BCUT2D eigenvalue weighted by atomic mass is 10.1. The number of methoxy groups -OCH3 is 1. The van der Waals surface area contributed by atoms with Gasteiger partial charge in [-0.1, -0.05) is 0 Å². The summed E-state index contributed by atoms with van der Waals surface area (Å²) in [5, 5.41) is 3.16. The van der Waals surface area contributed by atoms with E-state index in [1.54, 1.807) is 20.1 Å². The van der Waals surface area contributed by atoms with Crippen molar-refractivity contribution in [2.24, 2.45) is 0 Å². The summed E-state index contributed by atoms with van der Waals surface area (Å²) in [5.74, 6) is -0.00674. The number of pyridine rings is 1. The van der Waals surface area contributed by atoms with Crippen LogP contribution in [0.15, 0.2) is 12.3 Å². The minimum atomic E-state index is -0.446. The van der Waals surface area contributed by atoms with E-state index in [1.165, 1.54) is 6.20 Å². The molecule has 3 N–H and O–H groups in total. The predicted octanol–water partition coefficient (Wildman–Crippen LogP) is 1.68. The minimum Gasteiger partial charge on any atom is -0.462 e. The van der Waals surface area contributed by atoms with Crippen molar-refractivity contribution < 1.29 is 14.3 Å². The Kier molecular flexibility index (Phi) is 5.11. The summed E-state index contributed by atoms with van der Waals surface area (Å²) >= 11 is 0. The van der Waals surface area contributed by atoms with E-state index < -0.39 is 5.97 Å². The monoisotopic (exact) mass is 267 g/mol. The van der Waals surface area contributed by atoms with Gasteiger partial charge in [0.15, 0.2) is 0 Å². The molecule has 0 saturated carbocycles. The Morgan fingerprint density at radius 1 is 1.53 bits per heavy atom. The van der Waals surface area contributed by atoms with Crippen molar-refractivity contribution in [1.29, 1.82) is 0 Å². The van der Waals surface area contributed by atoms with Crippen LogP contribution in [-0.2, 0) is 9.47 Å². The summed E-state index contributed by atoms with van der Waals surface area (Å²) < 4.78 is 10.1. The molecule has 0 atom stereocenters. The third kappa shape index (κ3) is 4.40. The molecule has 1 rings (SSSR count). The van der Waals surface area contributed by atoms with Gasteiger partial charge >= 0.3 is 5.97 Å². The molecule has 1 heterocycles. The zero-order valence-electron chi connectivity index (χ0n) is 11.8. The Hall–Kier alpha value is -1.82. The largest absolute Gasteiger partial charge is 0.462 e. The predicted molar refractivity (Wildman–Crippen MR) is 74.2 cm³/mol. The molecule has 1 aromatic heterocycles. The van der Waals surface area contributed by atoms with Crippen LogP contribution in [0.2, 0.25) is 0 Å². The van der Waals surface area contributed by atoms with Gasteiger partial charge in [-0.25, -0.2) is 9.78 Å². The standard InChI is InChI=1S/C13H21N3O3/c1-5-19-12(17)10-6-9(14)7-15-11(10)16-13(2,3)8-18-4/h6-7H,5,8,14H2,1-4H3,(H,15,16). The average molecular weight is 267 g/mol. The maximum Gasteiger partial charge on any atom is 0.341 e. The zero-order chi connectivity index (χ0) is 14.5. The first-order valence-electron chi connectivity index (χ1n) is 6.09. The summed E-state index contributed by atoms with van der Waals surface area (Å²) in [6.07, 6.45) is 1.49. The summed E-state index contributed by atoms with van der Waals surface area (Å²) in [6.45, 7) is 6.42. The number of nitrogens with two attached hydrogens (primary N) is 1. The van der Waals surface area contributed by atoms with Crippen LogP contribution in [0.5, 0.6) is 0 Å². The molecule has 0 spiro atoms. The number of nitrogens with one attached hydrogen (secondary N) is 1. The van der Waals surface area contributed by atoms with Crippen molar-refractivity contribution in [3.05, 3.63) is 17.8 Å². The Labute approximate surface area is 113 Å². The van der Waals surface area contributed by atoms with Crippen molar-refractivity contribution >= 4 is 17.5 Å². The van der Waals surface area contributed by atoms with Gasteiger partial charge < -0.3 is 20.5 Å². The first kappa shape index (κ1) is 15.2. The molecule has 1 aromatic rings. The number of esters is 1. The van der Waals surface area contributed by atoms with Gasteiger partial charge in [0.1, 0.15) is 11.4 Å². The van der Waals surface area contributed by atoms with Crippen molar-refractivity contribution in [3.8, 4) is 0 Å². The number of hydrogen-bond acceptors (Lipinski definition) is 6. The van der Waals surface area contributed by atoms with E-state index in [0.717, 1.165) is 0 Å². The van der Waals surface area contributed by atoms with Crippen molar-refractivity contribution in [3.63, 3.8) is 0 Å². The fraction of sp³-hybridized carbons (Fsp3) is 0.538. The second kappa shape index (κ2) is 6.38. The molecular weight excluding hydrogens is 246 g/mol. The Balaban J connectivity index is 3.03. The molecule has 0 aliphatic heterocycles. The van der Waals surface area contributed by atoms with E-state index in [0.29, 0.717) is 30.3 Å². The first-order valence-corrected chi connectivity index (χ1v) is 6.09. The van der Waals surface area contributed by atoms with E-state index in [-0.39, 0.29) is 5.54 Å². The molecule has 0 saturated heterocycles. The fourth-order valence-electron chi connectivity index (χ4n) is 1.66. The molecule has 0 aliphatic carbocycles. The molecule has 0 aliphatic rings. The molecule has 19 heavy (non-hydrogen) atoms. The number of hydrogen-bond donors (Lipinski definition) is 2. The highest BCUT2D eigenvalue weighted by molar-refractivity contribution is 5.95. The molecule has 6 nitrogen and oxygen atoms in total. The molecule has 0 radical (unpaired) electrons. The van der Waals surface area contributed by atoms with Gasteiger partial charge in [-0.3, -0.25) is 0 Å². The smallest absolute Gasteiger partial charge is 0.341 e. The number of carbonyl (C=O) groups excluding carboxylic acids is 1. The number of ether oxygens (including phenoxy) is 2. The van der Waals surface area contributed by atoms with E-state index >= 15 is 0 Å². The molecular formula is C13H21N3O3. The van der Waals surface area contributed by atoms with Gasteiger partial charge in [0.2, 0.25) is 0 Å². The second-order valence-corrected chi connectivity index (χ2v) is 4.83. The number of aromatic nitrogens is 1.